The number of nitrogens with one attached hydrogen (secondary N) is 1. The highest BCUT2D eigenvalue weighted by Crippen LogP contribution is 2.37. The van der Waals surface area contributed by atoms with Gasteiger partial charge in [-0.05, 0) is 47.6 Å². The molecule has 0 fully saturated rings. The Morgan fingerprint density at radius 1 is 1.50 bits per heavy atom. The largest absolute Gasteiger partial charge is 0.471 e. The van der Waals surface area contributed by atoms with Crippen molar-refractivity contribution < 1.29 is 18.0 Å². The lowest BCUT2D eigenvalue weighted by Crippen LogP contribution is -2.37. The molecule has 0 heterocycles. The Balaban J connectivity index is 2.04. The van der Waals surface area contributed by atoms with E-state index in [4.69, 9.17) is 5.26 Å². The fourth-order valence-electron chi connectivity index (χ4n) is 2.62. The lowest BCUT2D eigenvalue weighted by atomic mass is 9.99. The van der Waals surface area contributed by atoms with Gasteiger partial charge in [-0.3, -0.25) is 4.79 Å². The van der Waals surface area contributed by atoms with Gasteiger partial charge < -0.3 is 5.32 Å². The molecule has 1 atom stereocenters. The first-order valence-corrected chi connectivity index (χ1v) is 6.91. The summed E-state index contributed by atoms with van der Waals surface area (Å²) < 4.78 is 36.2. The van der Waals surface area contributed by atoms with Gasteiger partial charge in [0.2, 0.25) is 0 Å². The van der Waals surface area contributed by atoms with E-state index in [9.17, 15) is 18.0 Å². The van der Waals surface area contributed by atoms with Crippen LogP contribution in [0.4, 0.5) is 13.2 Å². The molecule has 2 rings (SSSR count). The third kappa shape index (κ3) is 3.48. The highest BCUT2D eigenvalue weighted by molar-refractivity contribution is 5.81. The van der Waals surface area contributed by atoms with E-state index in [0.717, 1.165) is 23.1 Å². The molecular weight excluding hydrogens is 293 g/mol. The number of nitrogens with zero attached hydrogens (tertiary/aromatic N) is 1. The molecule has 0 bridgehead atoms. The summed E-state index contributed by atoms with van der Waals surface area (Å²) >= 11 is 0. The molecule has 1 N–H and O–H groups in total. The molecule has 22 heavy (non-hydrogen) atoms. The van der Waals surface area contributed by atoms with E-state index in [-0.39, 0.29) is 12.5 Å². The van der Waals surface area contributed by atoms with Gasteiger partial charge in [0.1, 0.15) is 0 Å². The molecule has 1 aliphatic carbocycles. The van der Waals surface area contributed by atoms with E-state index in [2.05, 4.69) is 6.07 Å². The molecule has 0 saturated heterocycles. The minimum atomic E-state index is -4.85. The molecule has 1 aromatic carbocycles. The molecule has 3 nitrogen and oxygen atoms in total. The quantitative estimate of drug-likeness (QED) is 0.872. The minimum Gasteiger partial charge on any atom is -0.348 e. The molecule has 0 radical (unpaired) electrons. The van der Waals surface area contributed by atoms with Crippen LogP contribution in [0, 0.1) is 17.2 Å². The summed E-state index contributed by atoms with van der Waals surface area (Å²) in [7, 11) is 0. The number of alkyl halides is 3. The number of nitriles is 1. The fraction of sp³-hybridized carbons (Fsp3) is 0.375. The number of rotatable bonds is 3. The van der Waals surface area contributed by atoms with Crippen LogP contribution in [0.15, 0.2) is 24.3 Å². The molecule has 0 spiro atoms. The summed E-state index contributed by atoms with van der Waals surface area (Å²) in [4.78, 5) is 10.7. The highest BCUT2D eigenvalue weighted by atomic mass is 19.4. The molecular formula is C16H15F3N2O. The summed E-state index contributed by atoms with van der Waals surface area (Å²) in [5.74, 6) is -1.67. The van der Waals surface area contributed by atoms with Crippen LogP contribution in [0.25, 0.3) is 5.57 Å². The van der Waals surface area contributed by atoms with Crippen molar-refractivity contribution in [3.63, 3.8) is 0 Å². The van der Waals surface area contributed by atoms with Crippen molar-refractivity contribution in [2.75, 3.05) is 6.54 Å². The van der Waals surface area contributed by atoms with Crippen LogP contribution in [-0.2, 0) is 11.2 Å². The van der Waals surface area contributed by atoms with Gasteiger partial charge >= 0.3 is 12.1 Å². The third-order valence-corrected chi connectivity index (χ3v) is 3.66. The van der Waals surface area contributed by atoms with Crippen molar-refractivity contribution in [2.45, 2.75) is 25.9 Å². The fourth-order valence-corrected chi connectivity index (χ4v) is 2.62. The van der Waals surface area contributed by atoms with Crippen molar-refractivity contribution in [3.8, 4) is 6.07 Å². The zero-order valence-electron chi connectivity index (χ0n) is 12.0. The average molecular weight is 308 g/mol. The van der Waals surface area contributed by atoms with Crippen molar-refractivity contribution in [1.29, 1.82) is 5.26 Å². The Morgan fingerprint density at radius 3 is 2.86 bits per heavy atom. The zero-order valence-corrected chi connectivity index (χ0v) is 12.0. The first-order valence-electron chi connectivity index (χ1n) is 6.91. The Labute approximate surface area is 126 Å². The summed E-state index contributed by atoms with van der Waals surface area (Å²) in [5.41, 5.74) is 3.70. The van der Waals surface area contributed by atoms with Crippen LogP contribution in [-0.4, -0.2) is 18.6 Å². The SMILES string of the molecule is CC1Cc2ccc(C#N)cc2/C1=C/CCNC(=O)C(F)(F)F. The van der Waals surface area contributed by atoms with Crippen LogP contribution in [0.1, 0.15) is 30.0 Å². The minimum absolute atomic E-state index is 0.0676. The van der Waals surface area contributed by atoms with Crippen molar-refractivity contribution in [3.05, 3.63) is 41.0 Å². The number of fused-ring (bicyclic) bond motifs is 1. The van der Waals surface area contributed by atoms with Crippen molar-refractivity contribution >= 4 is 11.5 Å². The Bertz CT molecular complexity index is 656. The van der Waals surface area contributed by atoms with E-state index in [1.165, 1.54) is 0 Å². The number of carbonyl (C=O) groups excluding carboxylic acids is 1. The molecule has 1 amide bonds. The lowest BCUT2D eigenvalue weighted by Gasteiger charge is -2.08. The van der Waals surface area contributed by atoms with E-state index in [1.807, 2.05) is 24.4 Å². The van der Waals surface area contributed by atoms with E-state index >= 15 is 0 Å². The number of amides is 1. The van der Waals surface area contributed by atoms with Gasteiger partial charge in [0.15, 0.2) is 0 Å². The summed E-state index contributed by atoms with van der Waals surface area (Å²) in [6.07, 6.45) is -1.84. The molecule has 0 saturated carbocycles. The number of hydrogen-bond acceptors (Lipinski definition) is 2. The van der Waals surface area contributed by atoms with E-state index in [0.29, 0.717) is 12.0 Å². The van der Waals surface area contributed by atoms with Crippen LogP contribution >= 0.6 is 0 Å². The number of hydrogen-bond donors (Lipinski definition) is 1. The molecule has 1 aromatic rings. The maximum absolute atomic E-state index is 12.1. The second-order valence-corrected chi connectivity index (χ2v) is 5.29. The maximum Gasteiger partial charge on any atom is 0.471 e. The van der Waals surface area contributed by atoms with Crippen LogP contribution < -0.4 is 5.32 Å². The van der Waals surface area contributed by atoms with Crippen LogP contribution in [0.3, 0.4) is 0 Å². The first-order chi connectivity index (χ1) is 10.3. The highest BCUT2D eigenvalue weighted by Gasteiger charge is 2.38. The number of halogens is 3. The second-order valence-electron chi connectivity index (χ2n) is 5.29. The number of carbonyl (C=O) groups is 1. The number of allylic oxidation sites excluding steroid dienone is 1. The van der Waals surface area contributed by atoms with Gasteiger partial charge in [-0.1, -0.05) is 19.1 Å². The van der Waals surface area contributed by atoms with Gasteiger partial charge in [0.05, 0.1) is 11.6 Å². The van der Waals surface area contributed by atoms with Gasteiger partial charge in [0.25, 0.3) is 0 Å². The zero-order chi connectivity index (χ0) is 16.3. The number of benzene rings is 1. The summed E-state index contributed by atoms with van der Waals surface area (Å²) in [5, 5.41) is 10.8. The van der Waals surface area contributed by atoms with Crippen LogP contribution in [0.5, 0.6) is 0 Å². The predicted molar refractivity (Wildman–Crippen MR) is 75.7 cm³/mol. The lowest BCUT2D eigenvalue weighted by molar-refractivity contribution is -0.173. The van der Waals surface area contributed by atoms with Gasteiger partial charge in [0, 0.05) is 6.54 Å². The third-order valence-electron chi connectivity index (χ3n) is 3.66. The molecule has 0 aromatic heterocycles. The summed E-state index contributed by atoms with van der Waals surface area (Å²) in [6, 6.07) is 7.56. The standard InChI is InChI=1S/C16H15F3N2O/c1-10-7-12-5-4-11(9-20)8-14(12)13(10)3-2-6-21-15(22)16(17,18)19/h3-5,8,10H,2,6-7H2,1H3,(H,21,22)/b13-3+. The monoisotopic (exact) mass is 308 g/mol. The van der Waals surface area contributed by atoms with Gasteiger partial charge in [-0.25, -0.2) is 0 Å². The smallest absolute Gasteiger partial charge is 0.348 e. The molecule has 0 aliphatic heterocycles. The van der Waals surface area contributed by atoms with E-state index in [1.54, 1.807) is 12.1 Å². The van der Waals surface area contributed by atoms with Gasteiger partial charge in [-0.2, -0.15) is 18.4 Å². The van der Waals surface area contributed by atoms with Crippen molar-refractivity contribution in [2.24, 2.45) is 5.92 Å². The molecule has 1 aliphatic rings. The maximum atomic E-state index is 12.1. The predicted octanol–water partition coefficient (Wildman–Crippen LogP) is 3.20. The van der Waals surface area contributed by atoms with Gasteiger partial charge in [-0.15, -0.1) is 0 Å². The Kier molecular flexibility index (Phi) is 4.55. The normalized spacial score (nSPS) is 18.9. The summed E-state index contributed by atoms with van der Waals surface area (Å²) in [6.45, 7) is 1.97. The average Bonchev–Trinajstić information content (AvgIpc) is 2.77. The Morgan fingerprint density at radius 2 is 2.23 bits per heavy atom. The second kappa shape index (κ2) is 6.22. The van der Waals surface area contributed by atoms with Crippen molar-refractivity contribution in [1.82, 2.24) is 5.32 Å². The van der Waals surface area contributed by atoms with Crippen LogP contribution in [0.2, 0.25) is 0 Å². The Hall–Kier alpha value is -2.29. The molecule has 116 valence electrons. The first kappa shape index (κ1) is 16.1. The topological polar surface area (TPSA) is 52.9 Å². The molecule has 6 heteroatoms. The molecule has 1 unspecified atom stereocenters. The van der Waals surface area contributed by atoms with E-state index < -0.39 is 12.1 Å².